The van der Waals surface area contributed by atoms with E-state index in [2.05, 4.69) is 10.4 Å². The minimum atomic E-state index is -0.688. The van der Waals surface area contributed by atoms with Crippen molar-refractivity contribution >= 4 is 10.8 Å². The molecule has 0 saturated heterocycles. The van der Waals surface area contributed by atoms with Crippen LogP contribution in [-0.4, -0.2) is 39.1 Å². The van der Waals surface area contributed by atoms with Crippen molar-refractivity contribution in [3.05, 3.63) is 18.0 Å². The van der Waals surface area contributed by atoms with E-state index in [0.29, 0.717) is 0 Å². The number of nitrogens with zero attached hydrogens (tertiary/aromatic N) is 2. The van der Waals surface area contributed by atoms with E-state index in [1.165, 1.54) is 5.56 Å². The lowest BCUT2D eigenvalue weighted by Gasteiger charge is -2.01. The van der Waals surface area contributed by atoms with Crippen LogP contribution in [0.2, 0.25) is 0 Å². The van der Waals surface area contributed by atoms with E-state index in [4.69, 9.17) is 0 Å². The number of nitrogens with one attached hydrogen (secondary N) is 1. The number of hydrogen-bond donors (Lipinski definition) is 1. The van der Waals surface area contributed by atoms with Crippen molar-refractivity contribution in [2.24, 2.45) is 7.05 Å². The molecule has 0 aromatic carbocycles. The highest BCUT2D eigenvalue weighted by Gasteiger charge is 1.95. The third-order valence-corrected chi connectivity index (χ3v) is 2.69. The highest BCUT2D eigenvalue weighted by atomic mass is 32.2. The third-order valence-electron chi connectivity index (χ3n) is 1.92. The molecule has 0 amide bonds. The summed E-state index contributed by atoms with van der Waals surface area (Å²) in [6, 6.07) is 0. The molecule has 4 nitrogen and oxygen atoms in total. The van der Waals surface area contributed by atoms with Crippen molar-refractivity contribution in [1.29, 1.82) is 0 Å². The molecule has 0 aliphatic rings. The van der Waals surface area contributed by atoms with Crippen molar-refractivity contribution in [2.45, 2.75) is 6.42 Å². The summed E-state index contributed by atoms with van der Waals surface area (Å²) in [4.78, 5) is 0. The van der Waals surface area contributed by atoms with Gasteiger partial charge >= 0.3 is 0 Å². The predicted octanol–water partition coefficient (Wildman–Crippen LogP) is -0.0693. The first kappa shape index (κ1) is 11.4. The van der Waals surface area contributed by atoms with Crippen LogP contribution in [0.15, 0.2) is 12.4 Å². The van der Waals surface area contributed by atoms with Crippen molar-refractivity contribution in [3.8, 4) is 0 Å². The zero-order valence-electron chi connectivity index (χ0n) is 8.69. The molecule has 80 valence electrons. The fraction of sp³-hybridized carbons (Fsp3) is 0.667. The molecule has 14 heavy (non-hydrogen) atoms. The topological polar surface area (TPSA) is 46.9 Å². The van der Waals surface area contributed by atoms with Crippen molar-refractivity contribution in [2.75, 3.05) is 25.1 Å². The minimum absolute atomic E-state index is 0.688. The highest BCUT2D eigenvalue weighted by molar-refractivity contribution is 7.84. The summed E-state index contributed by atoms with van der Waals surface area (Å²) in [6.45, 7) is 1.74. The molecule has 0 saturated carbocycles. The zero-order chi connectivity index (χ0) is 10.4. The Morgan fingerprint density at radius 2 is 2.36 bits per heavy atom. The summed E-state index contributed by atoms with van der Waals surface area (Å²) in [5, 5.41) is 7.33. The van der Waals surface area contributed by atoms with E-state index in [-0.39, 0.29) is 0 Å². The van der Waals surface area contributed by atoms with E-state index in [0.717, 1.165) is 25.3 Å². The lowest BCUT2D eigenvalue weighted by Crippen LogP contribution is -2.22. The summed E-state index contributed by atoms with van der Waals surface area (Å²) in [5.41, 5.74) is 1.23. The van der Waals surface area contributed by atoms with Gasteiger partial charge in [0, 0.05) is 42.6 Å². The average Bonchev–Trinajstić information content (AvgIpc) is 2.50. The average molecular weight is 215 g/mol. The lowest BCUT2D eigenvalue weighted by molar-refractivity contribution is 0.676. The van der Waals surface area contributed by atoms with Crippen molar-refractivity contribution in [1.82, 2.24) is 15.1 Å². The van der Waals surface area contributed by atoms with Gasteiger partial charge in [0.2, 0.25) is 0 Å². The van der Waals surface area contributed by atoms with Crippen LogP contribution in [-0.2, 0) is 24.3 Å². The SMILES string of the molecule is Cn1cc(CCNCCS(C)=O)cn1. The summed E-state index contributed by atoms with van der Waals surface area (Å²) in [6.07, 6.45) is 6.59. The van der Waals surface area contributed by atoms with Gasteiger partial charge in [0.15, 0.2) is 0 Å². The van der Waals surface area contributed by atoms with Gasteiger partial charge in [0.1, 0.15) is 0 Å². The first-order chi connectivity index (χ1) is 6.68. The molecule has 1 aromatic heterocycles. The second-order valence-electron chi connectivity index (χ2n) is 3.30. The van der Waals surface area contributed by atoms with Crippen LogP contribution in [0.1, 0.15) is 5.56 Å². The molecule has 0 fully saturated rings. The maximum absolute atomic E-state index is 10.7. The van der Waals surface area contributed by atoms with Gasteiger partial charge in [-0.2, -0.15) is 5.10 Å². The molecule has 5 heteroatoms. The Morgan fingerprint density at radius 3 is 2.93 bits per heavy atom. The van der Waals surface area contributed by atoms with Crippen LogP contribution < -0.4 is 5.32 Å². The monoisotopic (exact) mass is 215 g/mol. The Labute approximate surface area is 87.2 Å². The molecule has 1 N–H and O–H groups in total. The minimum Gasteiger partial charge on any atom is -0.315 e. The quantitative estimate of drug-likeness (QED) is 0.676. The van der Waals surface area contributed by atoms with Crippen molar-refractivity contribution in [3.63, 3.8) is 0 Å². The van der Waals surface area contributed by atoms with Crippen LogP contribution in [0.25, 0.3) is 0 Å². The maximum atomic E-state index is 10.7. The molecule has 0 bridgehead atoms. The number of hydrogen-bond acceptors (Lipinski definition) is 3. The first-order valence-corrected chi connectivity index (χ1v) is 6.39. The highest BCUT2D eigenvalue weighted by Crippen LogP contribution is 1.95. The normalized spacial score (nSPS) is 13.0. The Hall–Kier alpha value is -0.680. The Kier molecular flexibility index (Phi) is 4.82. The summed E-state index contributed by atoms with van der Waals surface area (Å²) < 4.78 is 12.5. The van der Waals surface area contributed by atoms with Crippen LogP contribution in [0.5, 0.6) is 0 Å². The number of rotatable bonds is 6. The Bertz CT molecular complexity index is 298. The Balaban J connectivity index is 2.07. The summed E-state index contributed by atoms with van der Waals surface area (Å²) >= 11 is 0. The molecule has 0 spiro atoms. The fourth-order valence-electron chi connectivity index (χ4n) is 1.17. The predicted molar refractivity (Wildman–Crippen MR) is 58.7 cm³/mol. The van der Waals surface area contributed by atoms with Gasteiger partial charge in [-0.15, -0.1) is 0 Å². The molecule has 1 unspecified atom stereocenters. The largest absolute Gasteiger partial charge is 0.315 e. The smallest absolute Gasteiger partial charge is 0.0522 e. The van der Waals surface area contributed by atoms with Gasteiger partial charge in [0.05, 0.1) is 6.20 Å². The standard InChI is InChI=1S/C9H17N3OS/c1-12-8-9(7-11-12)3-4-10-5-6-14(2)13/h7-8,10H,3-6H2,1-2H3. The van der Waals surface area contributed by atoms with Gasteiger partial charge in [-0.25, -0.2) is 0 Å². The Morgan fingerprint density at radius 1 is 1.57 bits per heavy atom. The van der Waals surface area contributed by atoms with E-state index < -0.39 is 10.8 Å². The van der Waals surface area contributed by atoms with Gasteiger partial charge in [0.25, 0.3) is 0 Å². The molecule has 1 atom stereocenters. The van der Waals surface area contributed by atoms with Crippen molar-refractivity contribution < 1.29 is 4.21 Å². The van der Waals surface area contributed by atoms with Crippen LogP contribution in [0.4, 0.5) is 0 Å². The molecule has 0 aliphatic carbocycles. The molecular formula is C9H17N3OS. The van der Waals surface area contributed by atoms with Gasteiger partial charge in [-0.05, 0) is 18.5 Å². The molecule has 1 aromatic rings. The zero-order valence-corrected chi connectivity index (χ0v) is 9.51. The van der Waals surface area contributed by atoms with E-state index in [9.17, 15) is 4.21 Å². The second-order valence-corrected chi connectivity index (χ2v) is 4.85. The van der Waals surface area contributed by atoms with Crippen LogP contribution in [0.3, 0.4) is 0 Å². The van der Waals surface area contributed by atoms with Crippen LogP contribution in [0, 0.1) is 0 Å². The molecule has 0 radical (unpaired) electrons. The van der Waals surface area contributed by atoms with E-state index >= 15 is 0 Å². The second kappa shape index (κ2) is 5.93. The van der Waals surface area contributed by atoms with Gasteiger partial charge in [-0.3, -0.25) is 8.89 Å². The third kappa shape index (κ3) is 4.53. The fourth-order valence-corrected chi connectivity index (χ4v) is 1.61. The molecule has 1 heterocycles. The van der Waals surface area contributed by atoms with Gasteiger partial charge in [-0.1, -0.05) is 0 Å². The molecule has 1 rings (SSSR count). The van der Waals surface area contributed by atoms with E-state index in [1.807, 2.05) is 19.4 Å². The first-order valence-electron chi connectivity index (χ1n) is 4.67. The van der Waals surface area contributed by atoms with E-state index in [1.54, 1.807) is 10.9 Å². The maximum Gasteiger partial charge on any atom is 0.0522 e. The lowest BCUT2D eigenvalue weighted by atomic mass is 10.2. The van der Waals surface area contributed by atoms with Gasteiger partial charge < -0.3 is 5.32 Å². The summed E-state index contributed by atoms with van der Waals surface area (Å²) in [7, 11) is 1.23. The summed E-state index contributed by atoms with van der Waals surface area (Å²) in [5.74, 6) is 0.729. The molecular weight excluding hydrogens is 198 g/mol. The molecule has 0 aliphatic heterocycles. The number of aryl methyl sites for hydroxylation is 1. The van der Waals surface area contributed by atoms with Crippen LogP contribution >= 0.6 is 0 Å². The number of aromatic nitrogens is 2.